The van der Waals surface area contributed by atoms with Crippen molar-refractivity contribution in [3.05, 3.63) is 77.4 Å². The third kappa shape index (κ3) is 3.20. The molecule has 5 nitrogen and oxygen atoms in total. The fourth-order valence-corrected chi connectivity index (χ4v) is 3.37. The molecule has 0 atom stereocenters. The van der Waals surface area contributed by atoms with Crippen LogP contribution in [0.4, 0.5) is 4.79 Å². The number of nitrogens with one attached hydrogen (secondary N) is 1. The van der Waals surface area contributed by atoms with Crippen LogP contribution < -0.4 is 0 Å². The fraction of sp³-hybridized carbons (Fsp3) is 0.238. The van der Waals surface area contributed by atoms with Gasteiger partial charge in [-0.05, 0) is 29.2 Å². The predicted molar refractivity (Wildman–Crippen MR) is 99.5 cm³/mol. The molecule has 1 aliphatic heterocycles. The van der Waals surface area contributed by atoms with Crippen LogP contribution >= 0.6 is 0 Å². The number of carbonyl (C=O) groups is 1. The van der Waals surface area contributed by atoms with Crippen molar-refractivity contribution in [2.45, 2.75) is 26.5 Å². The van der Waals surface area contributed by atoms with Crippen LogP contribution in [0, 0.1) is 6.92 Å². The van der Waals surface area contributed by atoms with Crippen molar-refractivity contribution in [2.24, 2.45) is 0 Å². The van der Waals surface area contributed by atoms with E-state index in [-0.39, 0.29) is 12.7 Å². The lowest BCUT2D eigenvalue weighted by molar-refractivity contribution is 0.0911. The number of amides is 1. The average Bonchev–Trinajstić information content (AvgIpc) is 3.15. The van der Waals surface area contributed by atoms with Crippen molar-refractivity contribution in [1.82, 2.24) is 14.9 Å². The number of benzene rings is 2. The summed E-state index contributed by atoms with van der Waals surface area (Å²) < 4.78 is 5.58. The molecule has 0 radical (unpaired) electrons. The molecule has 2 heterocycles. The first kappa shape index (κ1) is 16.4. The quantitative estimate of drug-likeness (QED) is 0.777. The average molecular weight is 347 g/mol. The second kappa shape index (κ2) is 7.04. The summed E-state index contributed by atoms with van der Waals surface area (Å²) in [5, 5.41) is 0. The maximum absolute atomic E-state index is 12.4. The SMILES string of the molecule is Cc1c(COC(=O)N2CCc3nc[nH]c3C2)cccc1-c1ccccc1. The Morgan fingerprint density at radius 2 is 2.04 bits per heavy atom. The molecule has 1 aliphatic rings. The zero-order chi connectivity index (χ0) is 17.9. The first-order chi connectivity index (χ1) is 12.7. The van der Waals surface area contributed by atoms with Crippen molar-refractivity contribution in [2.75, 3.05) is 6.54 Å². The Balaban J connectivity index is 1.44. The molecule has 0 spiro atoms. The van der Waals surface area contributed by atoms with E-state index in [1.807, 2.05) is 30.3 Å². The number of hydrogen-bond donors (Lipinski definition) is 1. The summed E-state index contributed by atoms with van der Waals surface area (Å²) in [4.78, 5) is 21.5. The summed E-state index contributed by atoms with van der Waals surface area (Å²) in [6.45, 7) is 3.51. The number of ether oxygens (including phenoxy) is 1. The molecule has 0 saturated heterocycles. The lowest BCUT2D eigenvalue weighted by atomic mass is 9.97. The molecule has 2 aromatic carbocycles. The minimum atomic E-state index is -0.283. The highest BCUT2D eigenvalue weighted by molar-refractivity contribution is 5.70. The molecule has 0 fully saturated rings. The number of carbonyl (C=O) groups excluding carboxylic acids is 1. The Bertz CT molecular complexity index is 918. The topological polar surface area (TPSA) is 58.2 Å². The van der Waals surface area contributed by atoms with Gasteiger partial charge in [0.25, 0.3) is 0 Å². The van der Waals surface area contributed by atoms with Gasteiger partial charge < -0.3 is 14.6 Å². The van der Waals surface area contributed by atoms with Gasteiger partial charge in [-0.1, -0.05) is 48.5 Å². The molecule has 5 heteroatoms. The second-order valence-corrected chi connectivity index (χ2v) is 6.51. The Morgan fingerprint density at radius 1 is 1.19 bits per heavy atom. The molecule has 26 heavy (non-hydrogen) atoms. The number of hydrogen-bond acceptors (Lipinski definition) is 3. The van der Waals surface area contributed by atoms with Gasteiger partial charge in [0.1, 0.15) is 6.61 Å². The van der Waals surface area contributed by atoms with Crippen molar-refractivity contribution in [1.29, 1.82) is 0 Å². The van der Waals surface area contributed by atoms with Crippen molar-refractivity contribution in [3.8, 4) is 11.1 Å². The minimum Gasteiger partial charge on any atom is -0.445 e. The summed E-state index contributed by atoms with van der Waals surface area (Å²) in [7, 11) is 0. The van der Waals surface area contributed by atoms with E-state index in [0.717, 1.165) is 28.9 Å². The molecule has 0 unspecified atom stereocenters. The van der Waals surface area contributed by atoms with Crippen LogP contribution in [-0.2, 0) is 24.3 Å². The third-order valence-corrected chi connectivity index (χ3v) is 4.92. The van der Waals surface area contributed by atoms with E-state index in [1.54, 1.807) is 11.2 Å². The van der Waals surface area contributed by atoms with Crippen molar-refractivity contribution < 1.29 is 9.53 Å². The van der Waals surface area contributed by atoms with Crippen LogP contribution in [0.15, 0.2) is 54.9 Å². The summed E-state index contributed by atoms with van der Waals surface area (Å²) in [6, 6.07) is 16.4. The number of rotatable bonds is 3. The molecule has 0 saturated carbocycles. The number of aromatic nitrogens is 2. The van der Waals surface area contributed by atoms with Gasteiger partial charge >= 0.3 is 6.09 Å². The normalized spacial score (nSPS) is 13.3. The van der Waals surface area contributed by atoms with Gasteiger partial charge in [-0.3, -0.25) is 0 Å². The molecular formula is C21H21N3O2. The monoisotopic (exact) mass is 347 g/mol. The van der Waals surface area contributed by atoms with E-state index < -0.39 is 0 Å². The maximum Gasteiger partial charge on any atom is 0.410 e. The Kier molecular flexibility index (Phi) is 4.44. The smallest absolute Gasteiger partial charge is 0.410 e. The predicted octanol–water partition coefficient (Wildman–Crippen LogP) is 4.08. The molecule has 4 rings (SSSR count). The van der Waals surface area contributed by atoms with Gasteiger partial charge in [-0.2, -0.15) is 0 Å². The van der Waals surface area contributed by atoms with Crippen molar-refractivity contribution in [3.63, 3.8) is 0 Å². The first-order valence-electron chi connectivity index (χ1n) is 8.79. The highest BCUT2D eigenvalue weighted by Gasteiger charge is 2.23. The highest BCUT2D eigenvalue weighted by Crippen LogP contribution is 2.26. The summed E-state index contributed by atoms with van der Waals surface area (Å²) in [5.74, 6) is 0. The molecule has 0 aliphatic carbocycles. The van der Waals surface area contributed by atoms with Crippen LogP contribution in [0.3, 0.4) is 0 Å². The molecular weight excluding hydrogens is 326 g/mol. The zero-order valence-corrected chi connectivity index (χ0v) is 14.7. The van der Waals surface area contributed by atoms with Crippen LogP contribution in [0.1, 0.15) is 22.5 Å². The number of nitrogens with zero attached hydrogens (tertiary/aromatic N) is 2. The van der Waals surface area contributed by atoms with E-state index >= 15 is 0 Å². The van der Waals surface area contributed by atoms with Gasteiger partial charge in [0.2, 0.25) is 0 Å². The van der Waals surface area contributed by atoms with E-state index in [2.05, 4.69) is 35.1 Å². The van der Waals surface area contributed by atoms with Crippen LogP contribution in [0.25, 0.3) is 11.1 Å². The minimum absolute atomic E-state index is 0.275. The van der Waals surface area contributed by atoms with E-state index in [4.69, 9.17) is 4.74 Å². The second-order valence-electron chi connectivity index (χ2n) is 6.51. The summed E-state index contributed by atoms with van der Waals surface area (Å²) in [5.41, 5.74) is 6.54. The van der Waals surface area contributed by atoms with E-state index in [0.29, 0.717) is 13.1 Å². The van der Waals surface area contributed by atoms with Gasteiger partial charge in [-0.15, -0.1) is 0 Å². The molecule has 1 amide bonds. The molecule has 1 aromatic heterocycles. The standard InChI is InChI=1S/C21H21N3O2/c1-15-17(8-5-9-18(15)16-6-3-2-4-7-16)13-26-21(25)24-11-10-19-20(12-24)23-14-22-19/h2-9,14H,10-13H2,1H3,(H,22,23). The summed E-state index contributed by atoms with van der Waals surface area (Å²) in [6.07, 6.45) is 2.16. The van der Waals surface area contributed by atoms with Gasteiger partial charge in [0.15, 0.2) is 0 Å². The molecule has 132 valence electrons. The molecule has 1 N–H and O–H groups in total. The number of imidazole rings is 1. The van der Waals surface area contributed by atoms with Crippen LogP contribution in [0.5, 0.6) is 0 Å². The molecule has 0 bridgehead atoms. The van der Waals surface area contributed by atoms with Gasteiger partial charge in [0.05, 0.1) is 24.3 Å². The Morgan fingerprint density at radius 3 is 2.88 bits per heavy atom. The first-order valence-corrected chi connectivity index (χ1v) is 8.79. The van der Waals surface area contributed by atoms with Gasteiger partial charge in [-0.25, -0.2) is 9.78 Å². The fourth-order valence-electron chi connectivity index (χ4n) is 3.37. The molecule has 3 aromatic rings. The number of aromatic amines is 1. The Hall–Kier alpha value is -3.08. The number of fused-ring (bicyclic) bond motifs is 1. The lowest BCUT2D eigenvalue weighted by Gasteiger charge is -2.25. The third-order valence-electron chi connectivity index (χ3n) is 4.92. The Labute approximate surface area is 152 Å². The summed E-state index contributed by atoms with van der Waals surface area (Å²) >= 11 is 0. The largest absolute Gasteiger partial charge is 0.445 e. The van der Waals surface area contributed by atoms with Gasteiger partial charge in [0, 0.05) is 13.0 Å². The zero-order valence-electron chi connectivity index (χ0n) is 14.7. The highest BCUT2D eigenvalue weighted by atomic mass is 16.6. The number of H-pyrrole nitrogens is 1. The van der Waals surface area contributed by atoms with Crippen LogP contribution in [0.2, 0.25) is 0 Å². The van der Waals surface area contributed by atoms with E-state index in [1.165, 1.54) is 11.1 Å². The van der Waals surface area contributed by atoms with Crippen LogP contribution in [-0.4, -0.2) is 27.5 Å². The maximum atomic E-state index is 12.4. The van der Waals surface area contributed by atoms with E-state index in [9.17, 15) is 4.79 Å². The lowest BCUT2D eigenvalue weighted by Crippen LogP contribution is -2.36. The van der Waals surface area contributed by atoms with Crippen molar-refractivity contribution >= 4 is 6.09 Å².